The predicted octanol–water partition coefficient (Wildman–Crippen LogP) is 2.27. The zero-order valence-corrected chi connectivity index (χ0v) is 14.6. The van der Waals surface area contributed by atoms with E-state index in [1.807, 2.05) is 43.0 Å². The second-order valence-electron chi connectivity index (χ2n) is 6.30. The highest BCUT2D eigenvalue weighted by molar-refractivity contribution is 5.97. The normalized spacial score (nSPS) is 17.3. The predicted molar refractivity (Wildman–Crippen MR) is 91.0 cm³/mol. The molecule has 0 aromatic heterocycles. The van der Waals surface area contributed by atoms with Gasteiger partial charge in [0.2, 0.25) is 0 Å². The fourth-order valence-electron chi connectivity index (χ4n) is 2.88. The van der Waals surface area contributed by atoms with E-state index in [0.29, 0.717) is 17.4 Å². The average Bonchev–Trinajstić information content (AvgIpc) is 2.54. The Morgan fingerprint density at radius 2 is 1.78 bits per heavy atom. The van der Waals surface area contributed by atoms with Gasteiger partial charge in [0.15, 0.2) is 0 Å². The zero-order chi connectivity index (χ0) is 16.8. The van der Waals surface area contributed by atoms with E-state index in [1.165, 1.54) is 0 Å². The van der Waals surface area contributed by atoms with Crippen LogP contribution in [0.2, 0.25) is 0 Å². The van der Waals surface area contributed by atoms with Crippen LogP contribution in [0.4, 0.5) is 0 Å². The maximum absolute atomic E-state index is 12.8. The van der Waals surface area contributed by atoms with Gasteiger partial charge in [-0.15, -0.1) is 0 Å². The monoisotopic (exact) mass is 320 g/mol. The number of piperazine rings is 1. The van der Waals surface area contributed by atoms with E-state index in [4.69, 9.17) is 9.47 Å². The molecule has 2 rings (SSSR count). The molecule has 1 heterocycles. The van der Waals surface area contributed by atoms with E-state index in [-0.39, 0.29) is 12.0 Å². The van der Waals surface area contributed by atoms with Crippen molar-refractivity contribution in [1.82, 2.24) is 9.80 Å². The van der Waals surface area contributed by atoms with Gasteiger partial charge in [0.25, 0.3) is 5.91 Å². The molecule has 5 nitrogen and oxygen atoms in total. The molecular weight excluding hydrogens is 292 g/mol. The van der Waals surface area contributed by atoms with Gasteiger partial charge in [-0.3, -0.25) is 9.69 Å². The molecule has 0 aliphatic carbocycles. The maximum atomic E-state index is 12.8. The van der Waals surface area contributed by atoms with Crippen LogP contribution in [0.15, 0.2) is 24.3 Å². The fraction of sp³-hybridized carbons (Fsp3) is 0.611. The standard InChI is InChI=1S/C18H28N2O3/c1-14(2)23-17-8-6-5-7-16(17)18(21)20-11-9-19(10-12-20)15(3)13-22-4/h5-8,14-15H,9-13H2,1-4H3/t15-/m0/s1. The molecule has 0 saturated carbocycles. The second kappa shape index (κ2) is 8.31. The second-order valence-corrected chi connectivity index (χ2v) is 6.30. The van der Waals surface area contributed by atoms with Crippen LogP contribution in [0.25, 0.3) is 0 Å². The summed E-state index contributed by atoms with van der Waals surface area (Å²) in [6.45, 7) is 10.1. The van der Waals surface area contributed by atoms with Crippen molar-refractivity contribution in [3.05, 3.63) is 29.8 Å². The number of carbonyl (C=O) groups is 1. The minimum absolute atomic E-state index is 0.0516. The Labute approximate surface area is 139 Å². The molecule has 0 bridgehead atoms. The minimum atomic E-state index is 0.0516. The molecule has 1 amide bonds. The number of ether oxygens (including phenoxy) is 2. The molecule has 1 fully saturated rings. The van der Waals surface area contributed by atoms with Crippen LogP contribution in [-0.2, 0) is 4.74 Å². The van der Waals surface area contributed by atoms with Gasteiger partial charge in [-0.1, -0.05) is 12.1 Å². The van der Waals surface area contributed by atoms with Gasteiger partial charge in [0, 0.05) is 39.3 Å². The first-order valence-electron chi connectivity index (χ1n) is 8.31. The third-order valence-corrected chi connectivity index (χ3v) is 4.11. The first-order valence-corrected chi connectivity index (χ1v) is 8.31. The summed E-state index contributed by atoms with van der Waals surface area (Å²) in [4.78, 5) is 17.1. The highest BCUT2D eigenvalue weighted by Gasteiger charge is 2.26. The molecule has 1 saturated heterocycles. The van der Waals surface area contributed by atoms with Gasteiger partial charge in [-0.05, 0) is 32.9 Å². The minimum Gasteiger partial charge on any atom is -0.490 e. The van der Waals surface area contributed by atoms with Gasteiger partial charge in [-0.2, -0.15) is 0 Å². The number of benzene rings is 1. The molecule has 0 N–H and O–H groups in total. The van der Waals surface area contributed by atoms with Crippen molar-refractivity contribution in [2.45, 2.75) is 32.9 Å². The summed E-state index contributed by atoms with van der Waals surface area (Å²) in [5.41, 5.74) is 0.652. The van der Waals surface area contributed by atoms with Crippen LogP contribution in [-0.4, -0.2) is 67.7 Å². The van der Waals surface area contributed by atoms with Crippen LogP contribution in [0, 0.1) is 0 Å². The smallest absolute Gasteiger partial charge is 0.257 e. The highest BCUT2D eigenvalue weighted by atomic mass is 16.5. The molecule has 0 radical (unpaired) electrons. The number of nitrogens with zero attached hydrogens (tertiary/aromatic N) is 2. The van der Waals surface area contributed by atoms with Crippen LogP contribution in [0.1, 0.15) is 31.1 Å². The Morgan fingerprint density at radius 1 is 1.13 bits per heavy atom. The summed E-state index contributed by atoms with van der Waals surface area (Å²) in [6.07, 6.45) is 0.0516. The SMILES string of the molecule is COC[C@H](C)N1CCN(C(=O)c2ccccc2OC(C)C)CC1. The summed E-state index contributed by atoms with van der Waals surface area (Å²) in [7, 11) is 1.72. The van der Waals surface area contributed by atoms with Gasteiger partial charge >= 0.3 is 0 Å². The van der Waals surface area contributed by atoms with Gasteiger partial charge in [0.05, 0.1) is 18.3 Å². The Balaban J connectivity index is 2.00. The lowest BCUT2D eigenvalue weighted by atomic mass is 10.1. The maximum Gasteiger partial charge on any atom is 0.257 e. The van der Waals surface area contributed by atoms with E-state index in [2.05, 4.69) is 11.8 Å². The zero-order valence-electron chi connectivity index (χ0n) is 14.6. The Morgan fingerprint density at radius 3 is 2.39 bits per heavy atom. The van der Waals surface area contributed by atoms with Crippen molar-refractivity contribution in [2.75, 3.05) is 39.9 Å². The molecule has 0 unspecified atom stereocenters. The van der Waals surface area contributed by atoms with Crippen LogP contribution in [0.5, 0.6) is 5.75 Å². The molecule has 1 aromatic rings. The first-order chi connectivity index (χ1) is 11.0. The highest BCUT2D eigenvalue weighted by Crippen LogP contribution is 2.22. The summed E-state index contributed by atoms with van der Waals surface area (Å²) in [5, 5.41) is 0. The molecule has 1 aliphatic heterocycles. The van der Waals surface area contributed by atoms with Gasteiger partial charge in [0.1, 0.15) is 5.75 Å². The number of hydrogen-bond donors (Lipinski definition) is 0. The molecule has 1 aromatic carbocycles. The Kier molecular flexibility index (Phi) is 6.42. The van der Waals surface area contributed by atoms with E-state index < -0.39 is 0 Å². The number of amides is 1. The lowest BCUT2D eigenvalue weighted by Crippen LogP contribution is -2.52. The van der Waals surface area contributed by atoms with Crippen molar-refractivity contribution in [3.63, 3.8) is 0 Å². The third-order valence-electron chi connectivity index (χ3n) is 4.11. The van der Waals surface area contributed by atoms with E-state index >= 15 is 0 Å². The molecule has 1 aliphatic rings. The quantitative estimate of drug-likeness (QED) is 0.806. The van der Waals surface area contributed by atoms with Crippen LogP contribution >= 0.6 is 0 Å². The number of methoxy groups -OCH3 is 1. The van der Waals surface area contributed by atoms with E-state index in [9.17, 15) is 4.79 Å². The molecule has 5 heteroatoms. The van der Waals surface area contributed by atoms with Crippen LogP contribution in [0.3, 0.4) is 0 Å². The Hall–Kier alpha value is -1.59. The number of carbonyl (C=O) groups excluding carboxylic acids is 1. The lowest BCUT2D eigenvalue weighted by Gasteiger charge is -2.38. The van der Waals surface area contributed by atoms with E-state index in [0.717, 1.165) is 32.8 Å². The largest absolute Gasteiger partial charge is 0.490 e. The van der Waals surface area contributed by atoms with E-state index in [1.54, 1.807) is 7.11 Å². The van der Waals surface area contributed by atoms with Crippen LogP contribution < -0.4 is 4.74 Å². The third kappa shape index (κ3) is 4.69. The van der Waals surface area contributed by atoms with Gasteiger partial charge in [-0.25, -0.2) is 0 Å². The van der Waals surface area contributed by atoms with Crippen molar-refractivity contribution < 1.29 is 14.3 Å². The first kappa shape index (κ1) is 17.8. The Bertz CT molecular complexity index is 511. The number of para-hydroxylation sites is 1. The average molecular weight is 320 g/mol. The summed E-state index contributed by atoms with van der Waals surface area (Å²) < 4.78 is 11.0. The molecule has 1 atom stereocenters. The fourth-order valence-corrected chi connectivity index (χ4v) is 2.88. The van der Waals surface area contributed by atoms with Gasteiger partial charge < -0.3 is 14.4 Å². The summed E-state index contributed by atoms with van der Waals surface area (Å²) >= 11 is 0. The van der Waals surface area contributed by atoms with Crippen molar-refractivity contribution in [1.29, 1.82) is 0 Å². The lowest BCUT2D eigenvalue weighted by molar-refractivity contribution is 0.0445. The summed E-state index contributed by atoms with van der Waals surface area (Å²) in [6, 6.07) is 7.88. The molecule has 0 spiro atoms. The molecule has 23 heavy (non-hydrogen) atoms. The number of rotatable bonds is 6. The number of hydrogen-bond acceptors (Lipinski definition) is 4. The van der Waals surface area contributed by atoms with Crippen molar-refractivity contribution in [2.24, 2.45) is 0 Å². The topological polar surface area (TPSA) is 42.0 Å². The van der Waals surface area contributed by atoms with Crippen molar-refractivity contribution in [3.8, 4) is 5.75 Å². The van der Waals surface area contributed by atoms with Crippen molar-refractivity contribution >= 4 is 5.91 Å². The molecule has 128 valence electrons. The molecular formula is C18H28N2O3. The summed E-state index contributed by atoms with van der Waals surface area (Å²) in [5.74, 6) is 0.725.